The van der Waals surface area contributed by atoms with Crippen LogP contribution in [0, 0.1) is 24.2 Å². The van der Waals surface area contributed by atoms with E-state index in [2.05, 4.69) is 79.7 Å². The number of ketones is 1. The number of nitrogens with one attached hydrogen (secondary N) is 1. The Morgan fingerprint density at radius 3 is 2.55 bits per heavy atom. The molecule has 1 fully saturated rings. The van der Waals surface area contributed by atoms with E-state index >= 15 is 0 Å². The third kappa shape index (κ3) is 5.27. The molecule has 0 amide bonds. The molecular formula is C28H29NOS. The number of benzene rings is 2. The Hall–Kier alpha value is -2.83. The highest BCUT2D eigenvalue weighted by atomic mass is 32.1. The van der Waals surface area contributed by atoms with Crippen LogP contribution >= 0.6 is 11.3 Å². The minimum atomic E-state index is 0.0868. The van der Waals surface area contributed by atoms with E-state index in [4.69, 9.17) is 6.42 Å². The maximum Gasteiger partial charge on any atom is 0.176 e. The van der Waals surface area contributed by atoms with Crippen LogP contribution < -0.4 is 5.32 Å². The van der Waals surface area contributed by atoms with E-state index in [1.165, 1.54) is 5.56 Å². The molecule has 3 heteroatoms. The van der Waals surface area contributed by atoms with Crippen molar-refractivity contribution in [1.82, 2.24) is 0 Å². The molecule has 1 N–H and O–H groups in total. The van der Waals surface area contributed by atoms with Crippen molar-refractivity contribution in [3.8, 4) is 22.8 Å². The highest BCUT2D eigenvalue weighted by Crippen LogP contribution is 2.42. The van der Waals surface area contributed by atoms with Crippen LogP contribution in [-0.4, -0.2) is 5.78 Å². The topological polar surface area (TPSA) is 29.1 Å². The number of anilines is 2. The number of Topliss-reactive ketones (excluding diaryl/α,β-unsaturated/α-hetero) is 1. The Morgan fingerprint density at radius 2 is 1.84 bits per heavy atom. The van der Waals surface area contributed by atoms with Gasteiger partial charge < -0.3 is 5.32 Å². The third-order valence-electron chi connectivity index (χ3n) is 5.97. The maximum atomic E-state index is 13.1. The zero-order chi connectivity index (χ0) is 21.8. The number of terminal acetylenes is 1. The van der Waals surface area contributed by atoms with Crippen LogP contribution in [0.4, 0.5) is 11.4 Å². The fraction of sp³-hybridized carbons (Fsp3) is 0.321. The Balaban J connectivity index is 1.51. The summed E-state index contributed by atoms with van der Waals surface area (Å²) in [5.74, 6) is 4.08. The zero-order valence-corrected chi connectivity index (χ0v) is 19.0. The van der Waals surface area contributed by atoms with E-state index < -0.39 is 0 Å². The summed E-state index contributed by atoms with van der Waals surface area (Å²) in [4.78, 5) is 15.1. The normalized spacial score (nSPS) is 14.3. The lowest BCUT2D eigenvalue weighted by molar-refractivity contribution is 0.0902. The Kier molecular flexibility index (Phi) is 6.59. The van der Waals surface area contributed by atoms with Crippen LogP contribution in [0.25, 0.3) is 10.4 Å². The van der Waals surface area contributed by atoms with Gasteiger partial charge >= 0.3 is 0 Å². The number of carbonyl (C=O) groups excluding carboxylic acids is 1. The fourth-order valence-electron chi connectivity index (χ4n) is 4.02. The highest BCUT2D eigenvalue weighted by molar-refractivity contribution is 7.17. The first-order chi connectivity index (χ1) is 15.0. The van der Waals surface area contributed by atoms with Gasteiger partial charge in [-0.2, -0.15) is 0 Å². The van der Waals surface area contributed by atoms with E-state index in [1.54, 1.807) is 11.3 Å². The highest BCUT2D eigenvalue weighted by Gasteiger charge is 2.36. The molecule has 1 saturated carbocycles. The smallest absolute Gasteiger partial charge is 0.176 e. The van der Waals surface area contributed by atoms with Gasteiger partial charge in [-0.05, 0) is 78.6 Å². The second-order valence-electron chi connectivity index (χ2n) is 8.70. The van der Waals surface area contributed by atoms with E-state index in [-0.39, 0.29) is 11.7 Å². The molecule has 1 atom stereocenters. The minimum Gasteiger partial charge on any atom is -0.356 e. The van der Waals surface area contributed by atoms with Gasteiger partial charge in [-0.1, -0.05) is 38.1 Å². The maximum absolute atomic E-state index is 13.1. The summed E-state index contributed by atoms with van der Waals surface area (Å²) >= 11 is 1.59. The van der Waals surface area contributed by atoms with Gasteiger partial charge in [0.25, 0.3) is 0 Å². The largest absolute Gasteiger partial charge is 0.356 e. The molecule has 1 aliphatic rings. The average Bonchev–Trinajstić information content (AvgIpc) is 3.49. The van der Waals surface area contributed by atoms with Gasteiger partial charge in [0.05, 0.1) is 4.88 Å². The predicted octanol–water partition coefficient (Wildman–Crippen LogP) is 7.90. The lowest BCUT2D eigenvalue weighted by Gasteiger charge is -2.12. The molecule has 2 aromatic carbocycles. The van der Waals surface area contributed by atoms with Crippen molar-refractivity contribution in [2.24, 2.45) is 11.8 Å². The molecule has 2 nitrogen and oxygen atoms in total. The Morgan fingerprint density at radius 1 is 1.10 bits per heavy atom. The molecule has 1 aromatic heterocycles. The molecule has 31 heavy (non-hydrogen) atoms. The summed E-state index contributed by atoms with van der Waals surface area (Å²) < 4.78 is 0. The molecule has 0 spiro atoms. The molecule has 1 heterocycles. The van der Waals surface area contributed by atoms with E-state index in [0.717, 1.165) is 46.0 Å². The van der Waals surface area contributed by atoms with Gasteiger partial charge in [0.1, 0.15) is 0 Å². The lowest BCUT2D eigenvalue weighted by atomic mass is 9.92. The van der Waals surface area contributed by atoms with Gasteiger partial charge in [0.2, 0.25) is 0 Å². The van der Waals surface area contributed by atoms with Crippen LogP contribution in [0.5, 0.6) is 0 Å². The van der Waals surface area contributed by atoms with Crippen LogP contribution in [0.3, 0.4) is 0 Å². The number of hydrogen-bond donors (Lipinski definition) is 1. The second kappa shape index (κ2) is 9.54. The second-order valence-corrected chi connectivity index (χ2v) is 9.78. The van der Waals surface area contributed by atoms with Crippen molar-refractivity contribution in [3.63, 3.8) is 0 Å². The summed E-state index contributed by atoms with van der Waals surface area (Å²) in [7, 11) is 0. The molecule has 0 saturated heterocycles. The first-order valence-electron chi connectivity index (χ1n) is 11.1. The van der Waals surface area contributed by atoms with E-state index in [9.17, 15) is 4.79 Å². The molecule has 0 radical (unpaired) electrons. The molecule has 0 aliphatic heterocycles. The molecule has 1 aliphatic carbocycles. The van der Waals surface area contributed by atoms with E-state index in [0.29, 0.717) is 18.3 Å². The number of carbonyl (C=O) groups is 1. The van der Waals surface area contributed by atoms with Crippen LogP contribution in [0.1, 0.15) is 60.7 Å². The van der Waals surface area contributed by atoms with Crippen molar-refractivity contribution in [1.29, 1.82) is 0 Å². The van der Waals surface area contributed by atoms with Crippen molar-refractivity contribution in [3.05, 3.63) is 71.1 Å². The quantitative estimate of drug-likeness (QED) is 0.278. The van der Waals surface area contributed by atoms with Gasteiger partial charge in [-0.25, -0.2) is 0 Å². The summed E-state index contributed by atoms with van der Waals surface area (Å²) in [5, 5.41) is 3.52. The molecule has 0 bridgehead atoms. The third-order valence-corrected chi connectivity index (χ3v) is 7.11. The van der Waals surface area contributed by atoms with Gasteiger partial charge in [-0.3, -0.25) is 4.79 Å². The van der Waals surface area contributed by atoms with E-state index in [1.807, 2.05) is 6.07 Å². The predicted molar refractivity (Wildman–Crippen MR) is 132 cm³/mol. The fourth-order valence-corrected chi connectivity index (χ4v) is 5.02. The summed E-state index contributed by atoms with van der Waals surface area (Å²) in [5.41, 5.74) is 4.58. The van der Waals surface area contributed by atoms with Crippen LogP contribution in [0.2, 0.25) is 0 Å². The van der Waals surface area contributed by atoms with Gasteiger partial charge in [-0.15, -0.1) is 23.7 Å². The average molecular weight is 428 g/mol. The molecule has 3 aromatic rings. The summed E-state index contributed by atoms with van der Waals surface area (Å²) in [6.45, 7) is 4.41. The Labute approximate surface area is 189 Å². The molecule has 158 valence electrons. The van der Waals surface area contributed by atoms with Crippen molar-refractivity contribution in [2.75, 3.05) is 5.32 Å². The lowest BCUT2D eigenvalue weighted by Crippen LogP contribution is -2.15. The van der Waals surface area contributed by atoms with Gasteiger partial charge in [0.15, 0.2) is 5.78 Å². The monoisotopic (exact) mass is 427 g/mol. The number of thiophene rings is 1. The van der Waals surface area contributed by atoms with Crippen molar-refractivity contribution in [2.45, 2.75) is 45.4 Å². The van der Waals surface area contributed by atoms with Crippen molar-refractivity contribution >= 4 is 28.5 Å². The molecule has 4 rings (SSSR count). The zero-order valence-electron chi connectivity index (χ0n) is 18.2. The molecule has 1 unspecified atom stereocenters. The first kappa shape index (κ1) is 21.4. The standard InChI is InChI=1S/C28H29NOS/c1-4-5-12-25(20-13-14-20)28(30)27-16-15-26(31-27)22-9-7-11-24(18-22)29-23-10-6-8-21(17-23)19(2)3/h1,6-11,15-20,25,29H,5,12-14H2,2-3H3. The number of hydrogen-bond acceptors (Lipinski definition) is 3. The first-order valence-corrected chi connectivity index (χ1v) is 11.9. The molecular weight excluding hydrogens is 398 g/mol. The van der Waals surface area contributed by atoms with Gasteiger partial charge in [0, 0.05) is 28.6 Å². The number of rotatable bonds is 9. The van der Waals surface area contributed by atoms with Crippen LogP contribution in [0.15, 0.2) is 60.7 Å². The minimum absolute atomic E-state index is 0.0868. The summed E-state index contributed by atoms with van der Waals surface area (Å²) in [6, 6.07) is 21.0. The SMILES string of the molecule is C#CCCC(C(=O)c1ccc(-c2cccc(Nc3cccc(C(C)C)c3)c2)s1)C1CC1. The van der Waals surface area contributed by atoms with Crippen molar-refractivity contribution < 1.29 is 4.79 Å². The summed E-state index contributed by atoms with van der Waals surface area (Å²) in [6.07, 6.45) is 9.24. The Bertz CT molecular complexity index is 1100. The van der Waals surface area contributed by atoms with Crippen LogP contribution in [-0.2, 0) is 0 Å².